The van der Waals surface area contributed by atoms with Crippen LogP contribution < -0.4 is 4.74 Å². The lowest BCUT2D eigenvalue weighted by Gasteiger charge is -2.11. The first kappa shape index (κ1) is 10.7. The van der Waals surface area contributed by atoms with Crippen molar-refractivity contribution < 1.29 is 9.84 Å². The Bertz CT molecular complexity index is 463. The number of hydrogen-bond donors (Lipinski definition) is 0. The van der Waals surface area contributed by atoms with Crippen molar-refractivity contribution in [3.63, 3.8) is 0 Å². The van der Waals surface area contributed by atoms with Gasteiger partial charge in [-0.2, -0.15) is 0 Å². The van der Waals surface area contributed by atoms with Gasteiger partial charge in [-0.1, -0.05) is 48.5 Å². The van der Waals surface area contributed by atoms with Crippen molar-refractivity contribution in [2.24, 2.45) is 0 Å². The second-order valence-corrected chi connectivity index (χ2v) is 3.51. The molecule has 2 nitrogen and oxygen atoms in total. The molecular formula is C14H13O2. The summed E-state index contributed by atoms with van der Waals surface area (Å²) in [6.45, 7) is -0.260. The van der Waals surface area contributed by atoms with Gasteiger partial charge in [0.1, 0.15) is 12.4 Å². The molecule has 2 aromatic rings. The number of ether oxygens (including phenoxy) is 1. The largest absolute Gasteiger partial charge is 0.496 e. The lowest BCUT2D eigenvalue weighted by Crippen LogP contribution is -1.93. The summed E-state index contributed by atoms with van der Waals surface area (Å²) >= 11 is 0. The van der Waals surface area contributed by atoms with Crippen LogP contribution in [-0.4, -0.2) is 7.11 Å². The molecule has 2 aromatic carbocycles. The average molecular weight is 213 g/mol. The van der Waals surface area contributed by atoms with Crippen molar-refractivity contribution in [1.82, 2.24) is 0 Å². The predicted octanol–water partition coefficient (Wildman–Crippen LogP) is 3.29. The van der Waals surface area contributed by atoms with Crippen molar-refractivity contribution in [2.75, 3.05) is 7.11 Å². The molecule has 0 fully saturated rings. The molecule has 0 aliphatic heterocycles. The van der Waals surface area contributed by atoms with Crippen LogP contribution in [0.5, 0.6) is 5.75 Å². The lowest BCUT2D eigenvalue weighted by molar-refractivity contribution is 0.174. The third-order valence-corrected chi connectivity index (χ3v) is 2.54. The Balaban J connectivity index is 2.57. The number of benzene rings is 2. The van der Waals surface area contributed by atoms with E-state index in [4.69, 9.17) is 4.74 Å². The molecule has 1 radical (unpaired) electrons. The van der Waals surface area contributed by atoms with Gasteiger partial charge < -0.3 is 4.74 Å². The summed E-state index contributed by atoms with van der Waals surface area (Å²) in [6.07, 6.45) is 0. The van der Waals surface area contributed by atoms with Gasteiger partial charge in [-0.25, -0.2) is 5.11 Å². The van der Waals surface area contributed by atoms with E-state index in [-0.39, 0.29) is 6.61 Å². The molecule has 2 rings (SSSR count). The van der Waals surface area contributed by atoms with Crippen LogP contribution in [0.15, 0.2) is 48.5 Å². The first-order valence-electron chi connectivity index (χ1n) is 5.16. The van der Waals surface area contributed by atoms with Crippen LogP contribution in [0.1, 0.15) is 5.56 Å². The number of hydrogen-bond acceptors (Lipinski definition) is 1. The van der Waals surface area contributed by atoms with Crippen LogP contribution in [0.4, 0.5) is 0 Å². The van der Waals surface area contributed by atoms with E-state index in [0.29, 0.717) is 11.3 Å². The first-order chi connectivity index (χ1) is 7.86. The second kappa shape index (κ2) is 4.81. The highest BCUT2D eigenvalue weighted by Crippen LogP contribution is 2.32. The number of methoxy groups -OCH3 is 1. The summed E-state index contributed by atoms with van der Waals surface area (Å²) in [5, 5.41) is 11.0. The zero-order valence-corrected chi connectivity index (χ0v) is 9.14. The molecule has 0 spiro atoms. The maximum absolute atomic E-state index is 11.0. The van der Waals surface area contributed by atoms with Gasteiger partial charge in [0.15, 0.2) is 0 Å². The molecule has 0 saturated heterocycles. The molecule has 0 saturated carbocycles. The van der Waals surface area contributed by atoms with Crippen molar-refractivity contribution in [3.05, 3.63) is 54.1 Å². The molecular weight excluding hydrogens is 200 g/mol. The zero-order valence-electron chi connectivity index (χ0n) is 9.14. The quantitative estimate of drug-likeness (QED) is 0.769. The summed E-state index contributed by atoms with van der Waals surface area (Å²) in [5.41, 5.74) is 2.73. The fourth-order valence-electron chi connectivity index (χ4n) is 1.78. The van der Waals surface area contributed by atoms with Gasteiger partial charge in [0.25, 0.3) is 0 Å². The van der Waals surface area contributed by atoms with Gasteiger partial charge in [-0.3, -0.25) is 0 Å². The van der Waals surface area contributed by atoms with Gasteiger partial charge in [-0.15, -0.1) is 0 Å². The van der Waals surface area contributed by atoms with Crippen LogP contribution in [-0.2, 0) is 11.7 Å². The van der Waals surface area contributed by atoms with E-state index in [9.17, 15) is 5.11 Å². The molecule has 2 heteroatoms. The minimum absolute atomic E-state index is 0.260. The Morgan fingerprint density at radius 2 is 1.75 bits per heavy atom. The van der Waals surface area contributed by atoms with Crippen molar-refractivity contribution in [3.8, 4) is 16.9 Å². The standard InChI is InChI=1S/C14H13O2/c1-16-14-12(10-15)8-5-9-13(14)11-6-3-2-4-7-11/h2-9H,10H2,1H3. The first-order valence-corrected chi connectivity index (χ1v) is 5.16. The van der Waals surface area contributed by atoms with Crippen molar-refractivity contribution in [2.45, 2.75) is 6.61 Å². The zero-order chi connectivity index (χ0) is 11.4. The van der Waals surface area contributed by atoms with Gasteiger partial charge in [0.05, 0.1) is 7.11 Å². The Labute approximate surface area is 95.1 Å². The second-order valence-electron chi connectivity index (χ2n) is 3.51. The Hall–Kier alpha value is -1.80. The van der Waals surface area contributed by atoms with Crippen LogP contribution in [0.2, 0.25) is 0 Å². The maximum atomic E-state index is 11.0. The van der Waals surface area contributed by atoms with E-state index in [0.717, 1.165) is 11.1 Å². The molecule has 0 aliphatic rings. The SMILES string of the molecule is COc1c(C[O])cccc1-c1ccccc1. The third kappa shape index (κ3) is 1.92. The summed E-state index contributed by atoms with van der Waals surface area (Å²) in [5.74, 6) is 0.684. The van der Waals surface area contributed by atoms with Gasteiger partial charge >= 0.3 is 0 Å². The summed E-state index contributed by atoms with van der Waals surface area (Å²) in [6, 6.07) is 15.6. The predicted molar refractivity (Wildman–Crippen MR) is 62.8 cm³/mol. The molecule has 16 heavy (non-hydrogen) atoms. The fourth-order valence-corrected chi connectivity index (χ4v) is 1.78. The third-order valence-electron chi connectivity index (χ3n) is 2.54. The van der Waals surface area contributed by atoms with Gasteiger partial charge in [0, 0.05) is 11.1 Å². The van der Waals surface area contributed by atoms with E-state index in [1.54, 1.807) is 13.2 Å². The van der Waals surface area contributed by atoms with Gasteiger partial charge in [-0.05, 0) is 5.56 Å². The average Bonchev–Trinajstić information content (AvgIpc) is 2.38. The van der Waals surface area contributed by atoms with Crippen LogP contribution >= 0.6 is 0 Å². The summed E-state index contributed by atoms with van der Waals surface area (Å²) < 4.78 is 5.32. The summed E-state index contributed by atoms with van der Waals surface area (Å²) in [7, 11) is 1.60. The molecule has 0 aromatic heterocycles. The van der Waals surface area contributed by atoms with Crippen molar-refractivity contribution >= 4 is 0 Å². The van der Waals surface area contributed by atoms with E-state index in [2.05, 4.69) is 0 Å². The van der Waals surface area contributed by atoms with Gasteiger partial charge in [0.2, 0.25) is 0 Å². The molecule has 0 heterocycles. The molecule has 81 valence electrons. The molecule has 0 unspecified atom stereocenters. The molecule has 0 atom stereocenters. The van der Waals surface area contributed by atoms with Crippen LogP contribution in [0.25, 0.3) is 11.1 Å². The van der Waals surface area contributed by atoms with E-state index >= 15 is 0 Å². The maximum Gasteiger partial charge on any atom is 0.132 e. The normalized spacial score (nSPS) is 10.1. The minimum Gasteiger partial charge on any atom is -0.496 e. The molecule has 0 aliphatic carbocycles. The van der Waals surface area contributed by atoms with E-state index in [1.807, 2.05) is 42.5 Å². The smallest absolute Gasteiger partial charge is 0.132 e. The Morgan fingerprint density at radius 1 is 1.00 bits per heavy atom. The van der Waals surface area contributed by atoms with Crippen LogP contribution in [0.3, 0.4) is 0 Å². The fraction of sp³-hybridized carbons (Fsp3) is 0.143. The lowest BCUT2D eigenvalue weighted by atomic mass is 10.0. The Kier molecular flexibility index (Phi) is 3.22. The molecule has 0 amide bonds. The van der Waals surface area contributed by atoms with Crippen molar-refractivity contribution in [1.29, 1.82) is 0 Å². The number of para-hydroxylation sites is 1. The van der Waals surface area contributed by atoms with Crippen LogP contribution in [0, 0.1) is 0 Å². The van der Waals surface area contributed by atoms with E-state index < -0.39 is 0 Å². The molecule has 0 N–H and O–H groups in total. The minimum atomic E-state index is -0.260. The number of rotatable bonds is 3. The highest BCUT2D eigenvalue weighted by molar-refractivity contribution is 5.72. The monoisotopic (exact) mass is 213 g/mol. The van der Waals surface area contributed by atoms with E-state index in [1.165, 1.54) is 0 Å². The Morgan fingerprint density at radius 3 is 2.38 bits per heavy atom. The molecule has 0 bridgehead atoms. The highest BCUT2D eigenvalue weighted by Gasteiger charge is 2.09. The summed E-state index contributed by atoms with van der Waals surface area (Å²) in [4.78, 5) is 0. The highest BCUT2D eigenvalue weighted by atomic mass is 16.5. The topological polar surface area (TPSA) is 29.1 Å².